The number of piperazine rings is 1. The molecule has 0 bridgehead atoms. The lowest BCUT2D eigenvalue weighted by Crippen LogP contribution is -2.59. The minimum absolute atomic E-state index is 0.0523. The molecule has 5 rings (SSSR count). The molecule has 0 spiro atoms. The molecule has 3 heterocycles. The standard InChI is InChI=1S/C19H19N3O4S/c1-11-19(24)21-9-3-4-12(21)10-22(11)27(25,26)16-8-7-15-17-13(16)5-2-6-14(17)18(23)20-15/h2,5-8,11-12H,3-4,9-10H2,1H3,(H,20,23)/t11-,12+/m1/s1. The summed E-state index contributed by atoms with van der Waals surface area (Å²) in [4.78, 5) is 26.7. The molecule has 8 heteroatoms. The monoisotopic (exact) mass is 385 g/mol. The van der Waals surface area contributed by atoms with Crippen LogP contribution in [0.2, 0.25) is 0 Å². The zero-order valence-electron chi connectivity index (χ0n) is 14.8. The van der Waals surface area contributed by atoms with Crippen LogP contribution in [0.5, 0.6) is 0 Å². The van der Waals surface area contributed by atoms with Gasteiger partial charge in [0.2, 0.25) is 15.9 Å². The highest BCUT2D eigenvalue weighted by molar-refractivity contribution is 7.89. The third kappa shape index (κ3) is 2.20. The predicted molar refractivity (Wildman–Crippen MR) is 100.0 cm³/mol. The van der Waals surface area contributed by atoms with Crippen molar-refractivity contribution in [2.45, 2.75) is 36.7 Å². The van der Waals surface area contributed by atoms with Crippen LogP contribution in [0.1, 0.15) is 30.1 Å². The zero-order valence-corrected chi connectivity index (χ0v) is 15.6. The molecular formula is C19H19N3O4S. The number of nitrogens with zero attached hydrogens (tertiary/aromatic N) is 2. The fourth-order valence-corrected chi connectivity index (χ4v) is 6.38. The summed E-state index contributed by atoms with van der Waals surface area (Å²) >= 11 is 0. The van der Waals surface area contributed by atoms with E-state index in [0.717, 1.165) is 12.8 Å². The number of nitrogens with one attached hydrogen (secondary N) is 1. The first-order valence-corrected chi connectivity index (χ1v) is 10.5. The minimum Gasteiger partial charge on any atom is -0.337 e. The average Bonchev–Trinajstić information content (AvgIpc) is 3.24. The largest absolute Gasteiger partial charge is 0.337 e. The molecule has 2 amide bonds. The van der Waals surface area contributed by atoms with Crippen LogP contribution in [-0.2, 0) is 14.8 Å². The summed E-state index contributed by atoms with van der Waals surface area (Å²) in [6.07, 6.45) is 1.73. The predicted octanol–water partition coefficient (Wildman–Crippen LogP) is 1.79. The van der Waals surface area contributed by atoms with Gasteiger partial charge in [0.15, 0.2) is 0 Å². The Morgan fingerprint density at radius 2 is 1.96 bits per heavy atom. The van der Waals surface area contributed by atoms with Crippen molar-refractivity contribution in [2.75, 3.05) is 18.4 Å². The second-order valence-electron chi connectivity index (χ2n) is 7.37. The normalized spacial score (nSPS) is 25.1. The lowest BCUT2D eigenvalue weighted by molar-refractivity contribution is -0.139. The maximum atomic E-state index is 13.5. The zero-order chi connectivity index (χ0) is 18.9. The first-order valence-electron chi connectivity index (χ1n) is 9.09. The Morgan fingerprint density at radius 1 is 1.15 bits per heavy atom. The summed E-state index contributed by atoms with van der Waals surface area (Å²) in [5, 5.41) is 3.90. The number of anilines is 1. The summed E-state index contributed by atoms with van der Waals surface area (Å²) in [5.74, 6) is -0.358. The molecule has 2 atom stereocenters. The van der Waals surface area contributed by atoms with Crippen LogP contribution in [0.4, 0.5) is 5.69 Å². The van der Waals surface area contributed by atoms with Gasteiger partial charge < -0.3 is 10.2 Å². The molecule has 2 aromatic rings. The summed E-state index contributed by atoms with van der Waals surface area (Å²) < 4.78 is 28.4. The Labute approximate surface area is 157 Å². The van der Waals surface area contributed by atoms with E-state index in [1.165, 1.54) is 10.4 Å². The Balaban J connectivity index is 1.66. The van der Waals surface area contributed by atoms with Gasteiger partial charge in [-0.05, 0) is 38.0 Å². The average molecular weight is 385 g/mol. The Hall–Kier alpha value is -2.45. The van der Waals surface area contributed by atoms with Crippen molar-refractivity contribution in [1.29, 1.82) is 0 Å². The Bertz CT molecular complexity index is 1110. The van der Waals surface area contributed by atoms with Gasteiger partial charge in [-0.1, -0.05) is 12.1 Å². The molecular weight excluding hydrogens is 366 g/mol. The number of hydrogen-bond donors (Lipinski definition) is 1. The van der Waals surface area contributed by atoms with Gasteiger partial charge in [0.05, 0.1) is 4.90 Å². The van der Waals surface area contributed by atoms with Crippen molar-refractivity contribution < 1.29 is 18.0 Å². The van der Waals surface area contributed by atoms with E-state index in [-0.39, 0.29) is 22.8 Å². The maximum Gasteiger partial charge on any atom is 0.256 e. The molecule has 2 saturated heterocycles. The van der Waals surface area contributed by atoms with E-state index < -0.39 is 16.1 Å². The number of carbonyl (C=O) groups is 2. The minimum atomic E-state index is -3.89. The highest BCUT2D eigenvalue weighted by atomic mass is 32.2. The van der Waals surface area contributed by atoms with Crippen molar-refractivity contribution in [3.63, 3.8) is 0 Å². The van der Waals surface area contributed by atoms with Gasteiger partial charge in [0.25, 0.3) is 5.91 Å². The molecule has 3 aliphatic rings. The molecule has 0 radical (unpaired) electrons. The lowest BCUT2D eigenvalue weighted by atomic mass is 10.1. The van der Waals surface area contributed by atoms with Gasteiger partial charge >= 0.3 is 0 Å². The molecule has 0 unspecified atom stereocenters. The van der Waals surface area contributed by atoms with Gasteiger partial charge in [-0.3, -0.25) is 9.59 Å². The van der Waals surface area contributed by atoms with E-state index >= 15 is 0 Å². The summed E-state index contributed by atoms with van der Waals surface area (Å²) in [5.41, 5.74) is 1.10. The van der Waals surface area contributed by atoms with Gasteiger partial charge in [-0.2, -0.15) is 4.31 Å². The summed E-state index contributed by atoms with van der Waals surface area (Å²) in [6, 6.07) is 7.47. The summed E-state index contributed by atoms with van der Waals surface area (Å²) in [6.45, 7) is 2.67. The van der Waals surface area contributed by atoms with Gasteiger partial charge in [-0.15, -0.1) is 0 Å². The smallest absolute Gasteiger partial charge is 0.256 e. The van der Waals surface area contributed by atoms with E-state index in [4.69, 9.17) is 0 Å². The molecule has 0 aliphatic carbocycles. The topological polar surface area (TPSA) is 86.8 Å². The molecule has 2 aromatic carbocycles. The van der Waals surface area contributed by atoms with Crippen molar-refractivity contribution in [3.05, 3.63) is 35.9 Å². The van der Waals surface area contributed by atoms with Crippen molar-refractivity contribution in [1.82, 2.24) is 9.21 Å². The Morgan fingerprint density at radius 3 is 2.78 bits per heavy atom. The Kier molecular flexibility index (Phi) is 3.42. The second kappa shape index (κ2) is 5.53. The van der Waals surface area contributed by atoms with Crippen LogP contribution in [0.3, 0.4) is 0 Å². The van der Waals surface area contributed by atoms with Crippen LogP contribution in [-0.4, -0.2) is 54.6 Å². The lowest BCUT2D eigenvalue weighted by Gasteiger charge is -2.40. The maximum absolute atomic E-state index is 13.5. The fraction of sp³-hybridized carbons (Fsp3) is 0.368. The van der Waals surface area contributed by atoms with Gasteiger partial charge in [-0.25, -0.2) is 8.42 Å². The fourth-order valence-electron chi connectivity index (χ4n) is 4.57. The molecule has 140 valence electrons. The number of benzene rings is 2. The van der Waals surface area contributed by atoms with E-state index in [0.29, 0.717) is 35.1 Å². The SMILES string of the molecule is C[C@@H]1C(=O)N2CCC[C@H]2CN1S(=O)(=O)c1ccc2c3c(cccc13)C(=O)N2. The number of fused-ring (bicyclic) bond motifs is 1. The quantitative estimate of drug-likeness (QED) is 0.854. The van der Waals surface area contributed by atoms with Crippen LogP contribution in [0.15, 0.2) is 35.2 Å². The highest BCUT2D eigenvalue weighted by Gasteiger charge is 2.45. The van der Waals surface area contributed by atoms with Crippen LogP contribution in [0, 0.1) is 0 Å². The number of rotatable bonds is 2. The first-order chi connectivity index (χ1) is 12.9. The molecule has 0 aromatic heterocycles. The highest BCUT2D eigenvalue weighted by Crippen LogP contribution is 2.38. The second-order valence-corrected chi connectivity index (χ2v) is 9.23. The molecule has 7 nitrogen and oxygen atoms in total. The van der Waals surface area contributed by atoms with Crippen molar-refractivity contribution >= 4 is 38.3 Å². The molecule has 3 aliphatic heterocycles. The van der Waals surface area contributed by atoms with Crippen molar-refractivity contribution in [3.8, 4) is 0 Å². The number of amides is 2. The van der Waals surface area contributed by atoms with Gasteiger partial charge in [0.1, 0.15) is 6.04 Å². The van der Waals surface area contributed by atoms with Crippen LogP contribution in [0.25, 0.3) is 10.8 Å². The van der Waals surface area contributed by atoms with Crippen molar-refractivity contribution in [2.24, 2.45) is 0 Å². The number of sulfonamides is 1. The van der Waals surface area contributed by atoms with E-state index in [2.05, 4.69) is 5.32 Å². The van der Waals surface area contributed by atoms with E-state index in [1.54, 1.807) is 31.2 Å². The third-order valence-electron chi connectivity index (χ3n) is 5.92. The third-order valence-corrected chi connectivity index (χ3v) is 7.91. The van der Waals surface area contributed by atoms with E-state index in [1.807, 2.05) is 4.90 Å². The molecule has 1 N–H and O–H groups in total. The number of hydrogen-bond acceptors (Lipinski definition) is 4. The molecule has 0 saturated carbocycles. The molecule has 27 heavy (non-hydrogen) atoms. The summed E-state index contributed by atoms with van der Waals surface area (Å²) in [7, 11) is -3.89. The number of carbonyl (C=O) groups excluding carboxylic acids is 2. The van der Waals surface area contributed by atoms with E-state index in [9.17, 15) is 18.0 Å². The molecule has 2 fully saturated rings. The van der Waals surface area contributed by atoms with Gasteiger partial charge in [0, 0.05) is 41.2 Å². The van der Waals surface area contributed by atoms with Crippen LogP contribution < -0.4 is 5.32 Å². The first kappa shape index (κ1) is 16.7. The van der Waals surface area contributed by atoms with Crippen LogP contribution >= 0.6 is 0 Å².